The molecule has 186 valence electrons. The molecule has 2 aromatic heterocycles. The second kappa shape index (κ2) is 10.0. The average molecular weight is 503 g/mol. The van der Waals surface area contributed by atoms with Gasteiger partial charge in [0.1, 0.15) is 5.82 Å². The van der Waals surface area contributed by atoms with Gasteiger partial charge in [0.05, 0.1) is 23.5 Å². The molecule has 0 fully saturated rings. The maximum atomic E-state index is 13.3. The lowest BCUT2D eigenvalue weighted by Gasteiger charge is -2.13. The average Bonchev–Trinajstić information content (AvgIpc) is 3.36. The van der Waals surface area contributed by atoms with Crippen LogP contribution < -0.4 is 0 Å². The van der Waals surface area contributed by atoms with E-state index in [0.29, 0.717) is 30.6 Å². The molecule has 0 bridgehead atoms. The number of Topliss-reactive ketones (excluding diaryl/α,β-unsaturated/α-hetero) is 1. The summed E-state index contributed by atoms with van der Waals surface area (Å²) >= 11 is 0. The number of hydrogen-bond donors (Lipinski definition) is 0. The normalized spacial score (nSPS) is 12.5. The predicted molar refractivity (Wildman–Crippen MR) is 132 cm³/mol. The van der Waals surface area contributed by atoms with Gasteiger partial charge in [-0.15, -0.1) is 0 Å². The Morgan fingerprint density at radius 3 is 2.30 bits per heavy atom. The van der Waals surface area contributed by atoms with Crippen molar-refractivity contribution in [2.45, 2.75) is 32.0 Å². The van der Waals surface area contributed by atoms with Crippen molar-refractivity contribution in [2.24, 2.45) is 4.99 Å². The van der Waals surface area contributed by atoms with Crippen LogP contribution >= 0.6 is 0 Å². The minimum atomic E-state index is -4.62. The van der Waals surface area contributed by atoms with Crippen LogP contribution in [0.3, 0.4) is 0 Å². The van der Waals surface area contributed by atoms with Crippen LogP contribution in [0.15, 0.2) is 78.0 Å². The van der Waals surface area contributed by atoms with Crippen LogP contribution in [-0.4, -0.2) is 22.0 Å². The van der Waals surface area contributed by atoms with E-state index in [1.165, 1.54) is 24.3 Å². The minimum absolute atomic E-state index is 0.0679. The van der Waals surface area contributed by atoms with Crippen molar-refractivity contribution in [2.75, 3.05) is 0 Å². The van der Waals surface area contributed by atoms with Crippen LogP contribution in [0.4, 0.5) is 17.6 Å². The molecule has 0 spiro atoms. The zero-order valence-corrected chi connectivity index (χ0v) is 19.6. The fraction of sp³-hybridized carbons (Fsp3) is 0.172. The molecule has 0 saturated carbocycles. The first-order chi connectivity index (χ1) is 17.8. The van der Waals surface area contributed by atoms with E-state index < -0.39 is 23.3 Å². The molecule has 5 rings (SSSR count). The molecular weight excluding hydrogens is 482 g/mol. The third-order valence-electron chi connectivity index (χ3n) is 6.29. The zero-order chi connectivity index (χ0) is 26.0. The highest BCUT2D eigenvalue weighted by Crippen LogP contribution is 2.30. The van der Waals surface area contributed by atoms with E-state index in [-0.39, 0.29) is 12.0 Å². The first-order valence-corrected chi connectivity index (χ1v) is 11.7. The summed E-state index contributed by atoms with van der Waals surface area (Å²) in [7, 11) is 0. The number of hydrogen-bond acceptors (Lipinski definition) is 4. The zero-order valence-electron chi connectivity index (χ0n) is 19.6. The van der Waals surface area contributed by atoms with Crippen molar-refractivity contribution in [3.63, 3.8) is 0 Å². The summed E-state index contributed by atoms with van der Waals surface area (Å²) in [5.41, 5.74) is 4.64. The Balaban J connectivity index is 1.34. The van der Waals surface area contributed by atoms with Gasteiger partial charge in [0.25, 0.3) is 0 Å². The molecular formula is C29H21F4N3O. The standard InChI is InChI=1S/C29H21F4N3O/c30-24-8-3-19(4-9-24)11-28(37)25-13-23(29(31,32)33)16-36-26(25)10-5-18-1-6-20(7-2-18)21-12-22-14-34-17-27(22)35-15-21/h1-4,6-9,12-16H,5,10-11,17H2. The lowest BCUT2D eigenvalue weighted by molar-refractivity contribution is -0.137. The Kier molecular flexibility index (Phi) is 6.65. The van der Waals surface area contributed by atoms with E-state index in [0.717, 1.165) is 40.2 Å². The number of ketones is 1. The van der Waals surface area contributed by atoms with Crippen LogP contribution in [0.25, 0.3) is 11.1 Å². The SMILES string of the molecule is O=C(Cc1ccc(F)cc1)c1cc(C(F)(F)F)cnc1CCc1ccc(-c2cnc3c(c2)C=NC3)cc1. The van der Waals surface area contributed by atoms with Crippen LogP contribution in [-0.2, 0) is 32.0 Å². The molecule has 3 heterocycles. The minimum Gasteiger partial charge on any atom is -0.294 e. The Labute approximate surface area is 210 Å². The van der Waals surface area contributed by atoms with Gasteiger partial charge < -0.3 is 0 Å². The molecule has 0 radical (unpaired) electrons. The number of pyridine rings is 2. The molecule has 1 aliphatic rings. The van der Waals surface area contributed by atoms with Crippen molar-refractivity contribution >= 4 is 12.0 Å². The molecule has 0 aliphatic carbocycles. The summed E-state index contributed by atoms with van der Waals surface area (Å²) < 4.78 is 53.2. The smallest absolute Gasteiger partial charge is 0.294 e. The van der Waals surface area contributed by atoms with Crippen molar-refractivity contribution in [1.29, 1.82) is 0 Å². The van der Waals surface area contributed by atoms with Gasteiger partial charge in [-0.1, -0.05) is 36.4 Å². The molecule has 8 heteroatoms. The van der Waals surface area contributed by atoms with Gasteiger partial charge in [-0.25, -0.2) is 4.39 Å². The molecule has 0 N–H and O–H groups in total. The Bertz CT molecular complexity index is 1480. The van der Waals surface area contributed by atoms with Crippen LogP contribution in [0.1, 0.15) is 44.0 Å². The van der Waals surface area contributed by atoms with Crippen LogP contribution in [0.5, 0.6) is 0 Å². The number of rotatable bonds is 7. The van der Waals surface area contributed by atoms with E-state index in [1.807, 2.05) is 42.7 Å². The molecule has 37 heavy (non-hydrogen) atoms. The predicted octanol–water partition coefficient (Wildman–Crippen LogP) is 6.44. The lowest BCUT2D eigenvalue weighted by Crippen LogP contribution is -2.14. The molecule has 2 aromatic carbocycles. The molecule has 0 unspecified atom stereocenters. The number of aliphatic imine (C=N–C) groups is 1. The number of aryl methyl sites for hydroxylation is 2. The van der Waals surface area contributed by atoms with Gasteiger partial charge in [-0.3, -0.25) is 19.8 Å². The van der Waals surface area contributed by atoms with Gasteiger partial charge in [-0.2, -0.15) is 13.2 Å². The first kappa shape index (κ1) is 24.5. The summed E-state index contributed by atoms with van der Waals surface area (Å²) in [5, 5.41) is 0. The maximum Gasteiger partial charge on any atom is 0.417 e. The Morgan fingerprint density at radius 1 is 0.838 bits per heavy atom. The second-order valence-corrected chi connectivity index (χ2v) is 8.87. The van der Waals surface area contributed by atoms with E-state index in [2.05, 4.69) is 15.0 Å². The molecule has 4 nitrogen and oxygen atoms in total. The van der Waals surface area contributed by atoms with Crippen LogP contribution in [0, 0.1) is 5.82 Å². The monoisotopic (exact) mass is 503 g/mol. The molecule has 1 aliphatic heterocycles. The van der Waals surface area contributed by atoms with Crippen LogP contribution in [0.2, 0.25) is 0 Å². The van der Waals surface area contributed by atoms with Gasteiger partial charge in [0, 0.05) is 41.7 Å². The number of fused-ring (bicyclic) bond motifs is 1. The maximum absolute atomic E-state index is 13.3. The molecule has 0 saturated heterocycles. The molecule has 4 aromatic rings. The Hall–Kier alpha value is -4.20. The fourth-order valence-electron chi connectivity index (χ4n) is 4.24. The summed E-state index contributed by atoms with van der Waals surface area (Å²) in [5.74, 6) is -0.951. The summed E-state index contributed by atoms with van der Waals surface area (Å²) in [4.78, 5) is 25.7. The quantitative estimate of drug-likeness (QED) is 0.215. The summed E-state index contributed by atoms with van der Waals surface area (Å²) in [6, 6.07) is 16.0. The number of nitrogens with zero attached hydrogens (tertiary/aromatic N) is 3. The van der Waals surface area contributed by atoms with Crippen molar-refractivity contribution in [1.82, 2.24) is 9.97 Å². The highest BCUT2D eigenvalue weighted by atomic mass is 19.4. The highest BCUT2D eigenvalue weighted by Gasteiger charge is 2.32. The van der Waals surface area contributed by atoms with Crippen molar-refractivity contribution < 1.29 is 22.4 Å². The number of carbonyl (C=O) groups is 1. The molecule has 0 atom stereocenters. The van der Waals surface area contributed by atoms with E-state index >= 15 is 0 Å². The number of carbonyl (C=O) groups excluding carboxylic acids is 1. The first-order valence-electron chi connectivity index (χ1n) is 11.7. The highest BCUT2D eigenvalue weighted by molar-refractivity contribution is 5.98. The lowest BCUT2D eigenvalue weighted by atomic mass is 9.96. The summed E-state index contributed by atoms with van der Waals surface area (Å²) in [6.07, 6.45) is 0.398. The second-order valence-electron chi connectivity index (χ2n) is 8.87. The van der Waals surface area contributed by atoms with Gasteiger partial charge in [-0.05, 0) is 53.8 Å². The topological polar surface area (TPSA) is 55.2 Å². The van der Waals surface area contributed by atoms with Gasteiger partial charge in [0.2, 0.25) is 0 Å². The van der Waals surface area contributed by atoms with Crippen molar-refractivity contribution in [3.8, 4) is 11.1 Å². The third kappa shape index (κ3) is 5.63. The number of benzene rings is 2. The number of halogens is 4. The third-order valence-corrected chi connectivity index (χ3v) is 6.29. The van der Waals surface area contributed by atoms with E-state index in [1.54, 1.807) is 0 Å². The number of alkyl halides is 3. The van der Waals surface area contributed by atoms with Gasteiger partial charge >= 0.3 is 6.18 Å². The molecule has 0 amide bonds. The van der Waals surface area contributed by atoms with E-state index in [4.69, 9.17) is 0 Å². The fourth-order valence-corrected chi connectivity index (χ4v) is 4.24. The largest absolute Gasteiger partial charge is 0.417 e. The van der Waals surface area contributed by atoms with Crippen molar-refractivity contribution in [3.05, 3.63) is 118 Å². The number of aromatic nitrogens is 2. The summed E-state index contributed by atoms with van der Waals surface area (Å²) in [6.45, 7) is 0.598. The Morgan fingerprint density at radius 2 is 1.57 bits per heavy atom. The van der Waals surface area contributed by atoms with Gasteiger partial charge in [0.15, 0.2) is 5.78 Å². The van der Waals surface area contributed by atoms with E-state index in [9.17, 15) is 22.4 Å².